The van der Waals surface area contributed by atoms with Gasteiger partial charge in [-0.1, -0.05) is 12.1 Å². The number of nitrogens with zero attached hydrogens (tertiary/aromatic N) is 2. The molecule has 0 radical (unpaired) electrons. The Labute approximate surface area is 124 Å². The molecule has 2 N–H and O–H groups in total. The maximum absolute atomic E-state index is 5.94. The third kappa shape index (κ3) is 3.56. The predicted molar refractivity (Wildman–Crippen MR) is 83.1 cm³/mol. The van der Waals surface area contributed by atoms with Gasteiger partial charge in [-0.15, -0.1) is 11.3 Å². The summed E-state index contributed by atoms with van der Waals surface area (Å²) < 4.78 is 5.19. The largest absolute Gasteiger partial charge is 0.497 e. The van der Waals surface area contributed by atoms with Gasteiger partial charge in [-0.25, -0.2) is 4.98 Å². The molecule has 2 rings (SSSR count). The second kappa shape index (κ2) is 6.83. The lowest BCUT2D eigenvalue weighted by Gasteiger charge is -2.26. The third-order valence-corrected chi connectivity index (χ3v) is 4.16. The Bertz CT molecular complexity index is 538. The van der Waals surface area contributed by atoms with Gasteiger partial charge in [0.25, 0.3) is 0 Å². The lowest BCUT2D eigenvalue weighted by Crippen LogP contribution is -2.30. The van der Waals surface area contributed by atoms with Gasteiger partial charge in [0.1, 0.15) is 5.75 Å². The Morgan fingerprint density at radius 2 is 2.05 bits per heavy atom. The van der Waals surface area contributed by atoms with Crippen molar-refractivity contribution in [2.24, 2.45) is 5.73 Å². The van der Waals surface area contributed by atoms with E-state index in [1.54, 1.807) is 18.4 Å². The molecule has 1 atom stereocenters. The average molecular weight is 291 g/mol. The highest BCUT2D eigenvalue weighted by Crippen LogP contribution is 2.23. The van der Waals surface area contributed by atoms with E-state index in [1.807, 2.05) is 19.1 Å². The van der Waals surface area contributed by atoms with Gasteiger partial charge in [0.05, 0.1) is 17.8 Å². The van der Waals surface area contributed by atoms with Crippen molar-refractivity contribution < 1.29 is 4.74 Å². The Kier molecular flexibility index (Phi) is 5.11. The number of methoxy groups -OCH3 is 1. The third-order valence-electron chi connectivity index (χ3n) is 3.33. The zero-order valence-corrected chi connectivity index (χ0v) is 13.0. The molecule has 0 aliphatic heterocycles. The molecule has 1 unspecified atom stereocenters. The number of hydrogen-bond acceptors (Lipinski definition) is 5. The second-order valence-corrected chi connectivity index (χ2v) is 5.86. The molecule has 20 heavy (non-hydrogen) atoms. The van der Waals surface area contributed by atoms with Crippen molar-refractivity contribution in [3.05, 3.63) is 45.9 Å². The van der Waals surface area contributed by atoms with E-state index in [0.29, 0.717) is 6.54 Å². The zero-order valence-electron chi connectivity index (χ0n) is 12.2. The van der Waals surface area contributed by atoms with Crippen LogP contribution in [-0.2, 0) is 6.54 Å². The molecule has 1 aromatic heterocycles. The zero-order chi connectivity index (χ0) is 14.5. The molecule has 1 heterocycles. The molecule has 1 aromatic carbocycles. The summed E-state index contributed by atoms with van der Waals surface area (Å²) in [6, 6.07) is 8.26. The maximum atomic E-state index is 5.94. The second-order valence-electron chi connectivity index (χ2n) is 4.80. The van der Waals surface area contributed by atoms with Gasteiger partial charge >= 0.3 is 0 Å². The van der Waals surface area contributed by atoms with E-state index in [4.69, 9.17) is 10.5 Å². The standard InChI is InChI=1S/C15H21N3OS/c1-11-17-13(10-20-11)9-18(2)15(8-16)12-4-6-14(19-3)7-5-12/h4-7,10,15H,8-9,16H2,1-3H3. The average Bonchev–Trinajstić information content (AvgIpc) is 2.85. The van der Waals surface area contributed by atoms with Crippen LogP contribution in [-0.4, -0.2) is 30.6 Å². The monoisotopic (exact) mass is 291 g/mol. The highest BCUT2D eigenvalue weighted by atomic mass is 32.1. The lowest BCUT2D eigenvalue weighted by molar-refractivity contribution is 0.239. The summed E-state index contributed by atoms with van der Waals surface area (Å²) in [6.07, 6.45) is 0. The molecule has 0 amide bonds. The molecule has 0 aliphatic carbocycles. The van der Waals surface area contributed by atoms with Crippen molar-refractivity contribution in [2.75, 3.05) is 20.7 Å². The van der Waals surface area contributed by atoms with Gasteiger partial charge in [0.15, 0.2) is 0 Å². The highest BCUT2D eigenvalue weighted by Gasteiger charge is 2.16. The number of benzene rings is 1. The first kappa shape index (κ1) is 15.0. The van der Waals surface area contributed by atoms with Crippen molar-refractivity contribution in [3.8, 4) is 5.75 Å². The van der Waals surface area contributed by atoms with Crippen LogP contribution in [0.5, 0.6) is 5.75 Å². The van der Waals surface area contributed by atoms with Crippen LogP contribution < -0.4 is 10.5 Å². The number of thiazole rings is 1. The van der Waals surface area contributed by atoms with Gasteiger partial charge in [-0.05, 0) is 31.7 Å². The van der Waals surface area contributed by atoms with E-state index in [2.05, 4.69) is 34.4 Å². The number of aryl methyl sites for hydroxylation is 1. The number of rotatable bonds is 6. The molecule has 0 fully saturated rings. The van der Waals surface area contributed by atoms with Crippen molar-refractivity contribution in [3.63, 3.8) is 0 Å². The van der Waals surface area contributed by atoms with Crippen molar-refractivity contribution in [1.82, 2.24) is 9.88 Å². The van der Waals surface area contributed by atoms with E-state index < -0.39 is 0 Å². The maximum Gasteiger partial charge on any atom is 0.118 e. The molecule has 0 saturated heterocycles. The fourth-order valence-corrected chi connectivity index (χ4v) is 2.85. The van der Waals surface area contributed by atoms with E-state index in [-0.39, 0.29) is 6.04 Å². The molecule has 108 valence electrons. The lowest BCUT2D eigenvalue weighted by atomic mass is 10.1. The molecule has 5 heteroatoms. The first-order valence-electron chi connectivity index (χ1n) is 6.59. The Morgan fingerprint density at radius 1 is 1.35 bits per heavy atom. The summed E-state index contributed by atoms with van der Waals surface area (Å²) in [4.78, 5) is 6.74. The number of hydrogen-bond donors (Lipinski definition) is 1. The normalized spacial score (nSPS) is 12.7. The molecular weight excluding hydrogens is 270 g/mol. The topological polar surface area (TPSA) is 51.4 Å². The summed E-state index contributed by atoms with van der Waals surface area (Å²) in [5, 5.41) is 3.20. The minimum atomic E-state index is 0.183. The number of likely N-dealkylation sites (N-methyl/N-ethyl adjacent to an activating group) is 1. The summed E-state index contributed by atoms with van der Waals surface area (Å²) in [5.41, 5.74) is 8.24. The number of nitrogens with two attached hydrogens (primary N) is 1. The highest BCUT2D eigenvalue weighted by molar-refractivity contribution is 7.09. The van der Waals surface area contributed by atoms with Crippen LogP contribution in [0.3, 0.4) is 0 Å². The van der Waals surface area contributed by atoms with Crippen molar-refractivity contribution in [1.29, 1.82) is 0 Å². The van der Waals surface area contributed by atoms with E-state index >= 15 is 0 Å². The van der Waals surface area contributed by atoms with Crippen LogP contribution >= 0.6 is 11.3 Å². The van der Waals surface area contributed by atoms with Crippen LogP contribution in [0.2, 0.25) is 0 Å². The Hall–Kier alpha value is -1.43. The van der Waals surface area contributed by atoms with Crippen LogP contribution in [0.15, 0.2) is 29.6 Å². The van der Waals surface area contributed by atoms with Gasteiger partial charge in [0.2, 0.25) is 0 Å². The molecule has 4 nitrogen and oxygen atoms in total. The minimum Gasteiger partial charge on any atom is -0.497 e. The van der Waals surface area contributed by atoms with E-state index in [1.165, 1.54) is 5.56 Å². The first-order chi connectivity index (χ1) is 9.63. The van der Waals surface area contributed by atoms with Crippen molar-refractivity contribution in [2.45, 2.75) is 19.5 Å². The molecule has 0 aliphatic rings. The van der Waals surface area contributed by atoms with Crippen LogP contribution in [0.1, 0.15) is 22.3 Å². The molecule has 0 saturated carbocycles. The summed E-state index contributed by atoms with van der Waals surface area (Å²) in [6.45, 7) is 3.40. The molecule has 0 bridgehead atoms. The fourth-order valence-electron chi connectivity index (χ4n) is 2.24. The molecule has 0 spiro atoms. The fraction of sp³-hybridized carbons (Fsp3) is 0.400. The summed E-state index contributed by atoms with van der Waals surface area (Å²) >= 11 is 1.68. The molecule has 2 aromatic rings. The number of ether oxygens (including phenoxy) is 1. The Balaban J connectivity index is 2.09. The van der Waals surface area contributed by atoms with Gasteiger partial charge < -0.3 is 10.5 Å². The minimum absolute atomic E-state index is 0.183. The van der Waals surface area contributed by atoms with Gasteiger partial charge in [-0.3, -0.25) is 4.90 Å². The van der Waals surface area contributed by atoms with Crippen LogP contribution in [0.25, 0.3) is 0 Å². The quantitative estimate of drug-likeness (QED) is 0.889. The summed E-state index contributed by atoms with van der Waals surface area (Å²) in [7, 11) is 3.75. The first-order valence-corrected chi connectivity index (χ1v) is 7.47. The summed E-state index contributed by atoms with van der Waals surface area (Å²) in [5.74, 6) is 0.863. The van der Waals surface area contributed by atoms with E-state index in [0.717, 1.165) is 23.0 Å². The van der Waals surface area contributed by atoms with E-state index in [9.17, 15) is 0 Å². The Morgan fingerprint density at radius 3 is 2.55 bits per heavy atom. The smallest absolute Gasteiger partial charge is 0.118 e. The van der Waals surface area contributed by atoms with Crippen molar-refractivity contribution >= 4 is 11.3 Å². The predicted octanol–water partition coefficient (Wildman–Crippen LogP) is 2.59. The SMILES string of the molecule is COc1ccc(C(CN)N(C)Cc2csc(C)n2)cc1. The van der Waals surface area contributed by atoms with Gasteiger partial charge in [0, 0.05) is 24.5 Å². The number of aromatic nitrogens is 1. The van der Waals surface area contributed by atoms with Gasteiger partial charge in [-0.2, -0.15) is 0 Å². The molecular formula is C15H21N3OS. The van der Waals surface area contributed by atoms with Crippen LogP contribution in [0, 0.1) is 6.92 Å². The van der Waals surface area contributed by atoms with Crippen LogP contribution in [0.4, 0.5) is 0 Å².